The van der Waals surface area contributed by atoms with Gasteiger partial charge in [-0.3, -0.25) is 5.32 Å². The summed E-state index contributed by atoms with van der Waals surface area (Å²) in [6.07, 6.45) is -2.89. The number of anilines is 2. The van der Waals surface area contributed by atoms with Crippen LogP contribution in [0.4, 0.5) is 29.5 Å². The number of hydrogen-bond donors (Lipinski definition) is 2. The molecule has 1 saturated heterocycles. The van der Waals surface area contributed by atoms with Gasteiger partial charge >= 0.3 is 12.2 Å². The van der Waals surface area contributed by atoms with Crippen LogP contribution in [0.25, 0.3) is 0 Å². The quantitative estimate of drug-likeness (QED) is 0.776. The van der Waals surface area contributed by atoms with E-state index >= 15 is 0 Å². The molecule has 1 aromatic heterocycles. The predicted octanol–water partition coefficient (Wildman–Crippen LogP) is 4.83. The molecule has 0 saturated carbocycles. The van der Waals surface area contributed by atoms with Gasteiger partial charge < -0.3 is 10.2 Å². The highest BCUT2D eigenvalue weighted by Gasteiger charge is 2.33. The fraction of sp³-hybridized carbons (Fsp3) is 0.444. The largest absolute Gasteiger partial charge is 0.418 e. The van der Waals surface area contributed by atoms with E-state index in [1.807, 2.05) is 6.92 Å². The number of likely N-dealkylation sites (tertiary alicyclic amines) is 1. The third-order valence-corrected chi connectivity index (χ3v) is 5.34. The Morgan fingerprint density at radius 1 is 1.30 bits per heavy atom. The first-order valence-electron chi connectivity index (χ1n) is 8.71. The van der Waals surface area contributed by atoms with Crippen molar-refractivity contribution in [3.63, 3.8) is 0 Å². The van der Waals surface area contributed by atoms with Gasteiger partial charge in [0, 0.05) is 30.7 Å². The van der Waals surface area contributed by atoms with Gasteiger partial charge in [0.25, 0.3) is 0 Å². The van der Waals surface area contributed by atoms with Crippen LogP contribution in [-0.2, 0) is 6.18 Å². The van der Waals surface area contributed by atoms with Crippen LogP contribution in [0.5, 0.6) is 0 Å². The molecule has 5 nitrogen and oxygen atoms in total. The number of aromatic nitrogens is 1. The zero-order valence-corrected chi connectivity index (χ0v) is 15.7. The number of carbonyl (C=O) groups excluding carboxylic acids is 1. The van der Waals surface area contributed by atoms with Crippen molar-refractivity contribution in [1.82, 2.24) is 9.88 Å². The van der Waals surface area contributed by atoms with E-state index < -0.39 is 11.7 Å². The molecule has 9 heteroatoms. The Morgan fingerprint density at radius 3 is 2.63 bits per heavy atom. The van der Waals surface area contributed by atoms with Crippen molar-refractivity contribution in [2.75, 3.05) is 30.3 Å². The molecule has 27 heavy (non-hydrogen) atoms. The molecule has 0 unspecified atom stereocenters. The van der Waals surface area contributed by atoms with E-state index in [0.29, 0.717) is 25.5 Å². The zero-order valence-electron chi connectivity index (χ0n) is 14.8. The van der Waals surface area contributed by atoms with Gasteiger partial charge in [0.15, 0.2) is 0 Å². The van der Waals surface area contributed by atoms with Crippen molar-refractivity contribution in [3.05, 3.63) is 40.2 Å². The molecule has 146 valence electrons. The third kappa shape index (κ3) is 5.12. The van der Waals surface area contributed by atoms with Crippen LogP contribution in [0.2, 0.25) is 0 Å². The highest BCUT2D eigenvalue weighted by Crippen LogP contribution is 2.34. The summed E-state index contributed by atoms with van der Waals surface area (Å²) in [5.41, 5.74) is -0.551. The number of piperidine rings is 1. The number of para-hydroxylation sites is 1. The summed E-state index contributed by atoms with van der Waals surface area (Å²) in [5, 5.41) is 8.38. The average molecular weight is 398 g/mol. The van der Waals surface area contributed by atoms with Crippen molar-refractivity contribution in [3.8, 4) is 0 Å². The van der Waals surface area contributed by atoms with Crippen LogP contribution < -0.4 is 10.6 Å². The molecule has 2 amide bonds. The van der Waals surface area contributed by atoms with Gasteiger partial charge in [0.05, 0.1) is 10.6 Å². The highest BCUT2D eigenvalue weighted by molar-refractivity contribution is 7.09. The molecular formula is C18H21F3N4OS. The second-order valence-corrected chi connectivity index (χ2v) is 7.60. The lowest BCUT2D eigenvalue weighted by Gasteiger charge is -2.32. The molecule has 0 atom stereocenters. The number of carbonyl (C=O) groups is 1. The van der Waals surface area contributed by atoms with Gasteiger partial charge in [-0.2, -0.15) is 13.2 Å². The Bertz CT molecular complexity index is 785. The van der Waals surface area contributed by atoms with Crippen LogP contribution in [0.1, 0.15) is 23.4 Å². The van der Waals surface area contributed by atoms with E-state index in [9.17, 15) is 18.0 Å². The second-order valence-electron chi connectivity index (χ2n) is 6.54. The lowest BCUT2D eigenvalue weighted by atomic mass is 9.96. The first-order chi connectivity index (χ1) is 12.8. The third-order valence-electron chi connectivity index (χ3n) is 4.57. The van der Waals surface area contributed by atoms with Crippen molar-refractivity contribution >= 4 is 28.9 Å². The number of hydrogen-bond acceptors (Lipinski definition) is 4. The van der Waals surface area contributed by atoms with Crippen LogP contribution >= 0.6 is 11.3 Å². The van der Waals surface area contributed by atoms with Gasteiger partial charge in [-0.15, -0.1) is 11.3 Å². The van der Waals surface area contributed by atoms with Crippen molar-refractivity contribution in [1.29, 1.82) is 0 Å². The lowest BCUT2D eigenvalue weighted by Crippen LogP contribution is -2.42. The van der Waals surface area contributed by atoms with E-state index in [0.717, 1.165) is 23.9 Å². The number of nitrogens with zero attached hydrogens (tertiary/aromatic N) is 2. The number of alkyl halides is 3. The fourth-order valence-corrected chi connectivity index (χ4v) is 3.63. The Balaban J connectivity index is 1.48. The van der Waals surface area contributed by atoms with Gasteiger partial charge in [-0.1, -0.05) is 12.1 Å². The molecule has 2 aromatic rings. The SMILES string of the molecule is Cc1nc(NC(=O)N2CCC(CNc3ccccc3C(F)(F)F)CC2)cs1. The summed E-state index contributed by atoms with van der Waals surface area (Å²) < 4.78 is 39.1. The van der Waals surface area contributed by atoms with Crippen LogP contribution in [-0.4, -0.2) is 35.5 Å². The summed E-state index contributed by atoms with van der Waals surface area (Å²) >= 11 is 1.47. The van der Waals surface area contributed by atoms with E-state index in [1.165, 1.54) is 23.5 Å². The summed E-state index contributed by atoms with van der Waals surface area (Å²) in [4.78, 5) is 18.2. The number of aryl methyl sites for hydroxylation is 1. The molecular weight excluding hydrogens is 377 g/mol. The number of halogens is 3. The van der Waals surface area contributed by atoms with E-state index in [4.69, 9.17) is 0 Å². The number of amides is 2. The maximum Gasteiger partial charge on any atom is 0.418 e. The minimum atomic E-state index is -4.38. The smallest absolute Gasteiger partial charge is 0.384 e. The van der Waals surface area contributed by atoms with Crippen LogP contribution in [0.15, 0.2) is 29.6 Å². The molecule has 2 heterocycles. The maximum atomic E-state index is 13.0. The predicted molar refractivity (Wildman–Crippen MR) is 100 cm³/mol. The molecule has 0 radical (unpaired) electrons. The zero-order chi connectivity index (χ0) is 19.4. The first-order valence-corrected chi connectivity index (χ1v) is 9.59. The normalized spacial score (nSPS) is 15.6. The molecule has 0 spiro atoms. The second kappa shape index (κ2) is 8.16. The van der Waals surface area contributed by atoms with Crippen molar-refractivity contribution < 1.29 is 18.0 Å². The highest BCUT2D eigenvalue weighted by atomic mass is 32.1. The van der Waals surface area contributed by atoms with E-state index in [2.05, 4.69) is 15.6 Å². The summed E-state index contributed by atoms with van der Waals surface area (Å²) in [6.45, 7) is 3.47. The minimum absolute atomic E-state index is 0.101. The van der Waals surface area contributed by atoms with Crippen molar-refractivity contribution in [2.45, 2.75) is 25.9 Å². The summed E-state index contributed by atoms with van der Waals surface area (Å²) in [6, 6.07) is 5.31. The van der Waals surface area contributed by atoms with Gasteiger partial charge in [0.1, 0.15) is 5.82 Å². The molecule has 1 aliphatic heterocycles. The number of rotatable bonds is 4. The molecule has 1 fully saturated rings. The lowest BCUT2D eigenvalue weighted by molar-refractivity contribution is -0.137. The monoisotopic (exact) mass is 398 g/mol. The first kappa shape index (κ1) is 19.5. The molecule has 1 aromatic carbocycles. The topological polar surface area (TPSA) is 57.3 Å². The molecule has 0 bridgehead atoms. The minimum Gasteiger partial charge on any atom is -0.384 e. The van der Waals surface area contributed by atoms with Gasteiger partial charge in [-0.25, -0.2) is 9.78 Å². The Kier molecular flexibility index (Phi) is 5.88. The number of nitrogens with one attached hydrogen (secondary N) is 2. The summed E-state index contributed by atoms with van der Waals surface area (Å²) in [5.74, 6) is 0.770. The average Bonchev–Trinajstić information content (AvgIpc) is 3.04. The van der Waals surface area contributed by atoms with Crippen LogP contribution in [0.3, 0.4) is 0 Å². The number of thiazole rings is 1. The number of urea groups is 1. The van der Waals surface area contributed by atoms with Crippen molar-refractivity contribution in [2.24, 2.45) is 5.92 Å². The Hall–Kier alpha value is -2.29. The standard InChI is InChI=1S/C18H21F3N4OS/c1-12-23-16(11-27-12)24-17(26)25-8-6-13(7-9-25)10-22-15-5-3-2-4-14(15)18(19,20)21/h2-5,11,13,22H,6-10H2,1H3,(H,24,26). The maximum absolute atomic E-state index is 13.0. The molecule has 2 N–H and O–H groups in total. The van der Waals surface area contributed by atoms with E-state index in [-0.39, 0.29) is 17.6 Å². The Morgan fingerprint density at radius 2 is 2.00 bits per heavy atom. The van der Waals surface area contributed by atoms with Gasteiger partial charge in [-0.05, 0) is 37.8 Å². The Labute approximate surface area is 159 Å². The molecule has 1 aliphatic rings. The molecule has 0 aliphatic carbocycles. The fourth-order valence-electron chi connectivity index (χ4n) is 3.09. The van der Waals surface area contributed by atoms with E-state index in [1.54, 1.807) is 16.3 Å². The van der Waals surface area contributed by atoms with Gasteiger partial charge in [0.2, 0.25) is 0 Å². The van der Waals surface area contributed by atoms with Crippen LogP contribution in [0, 0.1) is 12.8 Å². The number of benzene rings is 1. The molecule has 3 rings (SSSR count). The summed E-state index contributed by atoms with van der Waals surface area (Å²) in [7, 11) is 0.